The van der Waals surface area contributed by atoms with Gasteiger partial charge < -0.3 is 4.84 Å². The van der Waals surface area contributed by atoms with Gasteiger partial charge in [0.2, 0.25) is 0 Å². The molecule has 1 aliphatic heterocycles. The van der Waals surface area contributed by atoms with Crippen LogP contribution in [0.15, 0.2) is 24.3 Å². The van der Waals surface area contributed by atoms with E-state index in [0.717, 1.165) is 5.17 Å². The average molecular weight is 164 g/mol. The minimum Gasteiger partial charge on any atom is -0.390 e. The van der Waals surface area contributed by atoms with Gasteiger partial charge in [0.25, 0.3) is 0 Å². The summed E-state index contributed by atoms with van der Waals surface area (Å²) < 4.78 is 0. The van der Waals surface area contributed by atoms with Crippen LogP contribution in [0, 0.1) is 0 Å². The number of hydroxylamine groups is 1. The minimum absolute atomic E-state index is 0.0145. The molecule has 0 atom stereocenters. The molecule has 0 spiro atoms. The number of rotatable bonds is 0. The summed E-state index contributed by atoms with van der Waals surface area (Å²) in [7, 11) is 0. The van der Waals surface area contributed by atoms with E-state index >= 15 is 0 Å². The summed E-state index contributed by atoms with van der Waals surface area (Å²) in [5.41, 5.74) is 0.596. The normalized spacial score (nSPS) is 16.9. The number of para-hydroxylation sites is 1. The number of nitrogens with zero attached hydrogens (tertiary/aromatic N) is 1. The van der Waals surface area contributed by atoms with Crippen molar-refractivity contribution in [3.05, 3.63) is 29.8 Å². The van der Waals surface area contributed by atoms with E-state index in [9.17, 15) is 4.79 Å². The van der Waals surface area contributed by atoms with E-state index in [1.165, 1.54) is 0 Å². The lowest BCUT2D eigenvalue weighted by Crippen LogP contribution is -2.42. The Bertz CT molecular complexity index is 325. The minimum atomic E-state index is -0.0145. The molecule has 0 saturated carbocycles. The molecule has 0 amide bonds. The molecule has 0 aliphatic carbocycles. The quantitative estimate of drug-likeness (QED) is 0.562. The lowest BCUT2D eigenvalue weighted by atomic mass is 10.1. The van der Waals surface area contributed by atoms with Gasteiger partial charge in [-0.3, -0.25) is 4.79 Å². The Hall–Kier alpha value is -1.39. The molecule has 1 heterocycles. The Kier molecular flexibility index (Phi) is 1.56. The predicted octanol–water partition coefficient (Wildman–Crippen LogP) is 0.352. The second-order valence-electron chi connectivity index (χ2n) is 2.59. The standard InChI is InChI=1S/C8H8N2O2/c9-10-5-7(11)6-3-1-2-4-8(6)12-10/h1-4H,5,9H2. The van der Waals surface area contributed by atoms with E-state index in [2.05, 4.69) is 0 Å². The van der Waals surface area contributed by atoms with Crippen molar-refractivity contribution in [3.63, 3.8) is 0 Å². The summed E-state index contributed by atoms with van der Waals surface area (Å²) in [4.78, 5) is 16.4. The number of hydrazine groups is 1. The van der Waals surface area contributed by atoms with Crippen molar-refractivity contribution in [2.24, 2.45) is 5.84 Å². The largest absolute Gasteiger partial charge is 0.390 e. The average Bonchev–Trinajstić information content (AvgIpc) is 2.04. The van der Waals surface area contributed by atoms with Crippen LogP contribution in [-0.2, 0) is 0 Å². The summed E-state index contributed by atoms with van der Waals surface area (Å²) >= 11 is 0. The Labute approximate surface area is 69.5 Å². The van der Waals surface area contributed by atoms with Crippen molar-refractivity contribution in [1.29, 1.82) is 0 Å². The van der Waals surface area contributed by atoms with E-state index in [1.807, 2.05) is 0 Å². The summed E-state index contributed by atoms with van der Waals surface area (Å²) in [6, 6.07) is 7.04. The molecule has 0 saturated heterocycles. The van der Waals surface area contributed by atoms with Gasteiger partial charge in [0, 0.05) is 0 Å². The summed E-state index contributed by atoms with van der Waals surface area (Å²) in [5, 5.41) is 1.03. The number of nitrogens with two attached hydrogens (primary N) is 1. The molecule has 1 aromatic carbocycles. The van der Waals surface area contributed by atoms with Crippen LogP contribution in [0.2, 0.25) is 0 Å². The first-order valence-electron chi connectivity index (χ1n) is 3.60. The fourth-order valence-corrected chi connectivity index (χ4v) is 1.16. The fraction of sp³-hybridized carbons (Fsp3) is 0.125. The number of ketones is 1. The fourth-order valence-electron chi connectivity index (χ4n) is 1.16. The van der Waals surface area contributed by atoms with Gasteiger partial charge in [-0.25, -0.2) is 5.84 Å². The Morgan fingerprint density at radius 1 is 1.42 bits per heavy atom. The number of hydrogen-bond donors (Lipinski definition) is 1. The zero-order chi connectivity index (χ0) is 8.55. The third-order valence-electron chi connectivity index (χ3n) is 1.70. The molecule has 1 aromatic rings. The molecule has 0 unspecified atom stereocenters. The van der Waals surface area contributed by atoms with E-state index in [1.54, 1.807) is 24.3 Å². The van der Waals surface area contributed by atoms with Crippen LogP contribution in [0.1, 0.15) is 10.4 Å². The number of carbonyl (C=O) groups excluding carboxylic acids is 1. The van der Waals surface area contributed by atoms with Gasteiger partial charge in [0.05, 0.1) is 5.56 Å². The van der Waals surface area contributed by atoms with Gasteiger partial charge in [-0.15, -0.1) is 0 Å². The first kappa shape index (κ1) is 7.27. The monoisotopic (exact) mass is 164 g/mol. The van der Waals surface area contributed by atoms with Crippen molar-refractivity contribution in [2.75, 3.05) is 6.54 Å². The van der Waals surface area contributed by atoms with Crippen LogP contribution >= 0.6 is 0 Å². The smallest absolute Gasteiger partial charge is 0.185 e. The van der Waals surface area contributed by atoms with Gasteiger partial charge in [-0.1, -0.05) is 17.3 Å². The SMILES string of the molecule is NN1CC(=O)c2ccccc2O1. The molecule has 62 valence electrons. The van der Waals surface area contributed by atoms with Crippen LogP contribution in [0.25, 0.3) is 0 Å². The maximum absolute atomic E-state index is 11.3. The van der Waals surface area contributed by atoms with Crippen molar-refractivity contribution in [1.82, 2.24) is 5.17 Å². The van der Waals surface area contributed by atoms with Crippen molar-refractivity contribution >= 4 is 5.78 Å². The number of Topliss-reactive ketones (excluding diaryl/α,β-unsaturated/α-hetero) is 1. The lowest BCUT2D eigenvalue weighted by Gasteiger charge is -2.22. The van der Waals surface area contributed by atoms with Gasteiger partial charge in [-0.2, -0.15) is 0 Å². The summed E-state index contributed by atoms with van der Waals surface area (Å²) in [5.74, 6) is 5.84. The zero-order valence-electron chi connectivity index (χ0n) is 6.36. The molecule has 2 rings (SSSR count). The van der Waals surface area contributed by atoms with Gasteiger partial charge >= 0.3 is 0 Å². The molecule has 2 N–H and O–H groups in total. The maximum atomic E-state index is 11.3. The van der Waals surface area contributed by atoms with E-state index in [4.69, 9.17) is 10.7 Å². The molecule has 4 heteroatoms. The predicted molar refractivity (Wildman–Crippen MR) is 42.3 cm³/mol. The van der Waals surface area contributed by atoms with Gasteiger partial charge in [-0.05, 0) is 12.1 Å². The van der Waals surface area contributed by atoms with E-state index < -0.39 is 0 Å². The lowest BCUT2D eigenvalue weighted by molar-refractivity contribution is -0.0598. The highest BCUT2D eigenvalue weighted by molar-refractivity contribution is 6.00. The topological polar surface area (TPSA) is 55.6 Å². The summed E-state index contributed by atoms with van der Waals surface area (Å²) in [6.45, 7) is 0.108. The maximum Gasteiger partial charge on any atom is 0.185 e. The van der Waals surface area contributed by atoms with Gasteiger partial charge in [0.1, 0.15) is 6.54 Å². The second kappa shape index (κ2) is 2.58. The molecule has 1 aliphatic rings. The number of hydrogen-bond acceptors (Lipinski definition) is 4. The van der Waals surface area contributed by atoms with Crippen LogP contribution < -0.4 is 10.7 Å². The Balaban J connectivity index is 2.47. The number of fused-ring (bicyclic) bond motifs is 1. The third kappa shape index (κ3) is 1.07. The van der Waals surface area contributed by atoms with Crippen molar-refractivity contribution in [2.45, 2.75) is 0 Å². The Morgan fingerprint density at radius 3 is 3.00 bits per heavy atom. The molecule has 4 nitrogen and oxygen atoms in total. The van der Waals surface area contributed by atoms with Crippen LogP contribution in [-0.4, -0.2) is 17.5 Å². The van der Waals surface area contributed by atoms with Crippen LogP contribution in [0.3, 0.4) is 0 Å². The van der Waals surface area contributed by atoms with Crippen molar-refractivity contribution in [3.8, 4) is 5.75 Å². The molecule has 0 bridgehead atoms. The zero-order valence-corrected chi connectivity index (χ0v) is 6.36. The molecule has 0 fully saturated rings. The molecule has 12 heavy (non-hydrogen) atoms. The number of carbonyl (C=O) groups is 1. The van der Waals surface area contributed by atoms with E-state index in [0.29, 0.717) is 11.3 Å². The van der Waals surface area contributed by atoms with Crippen LogP contribution in [0.5, 0.6) is 5.75 Å². The molecular weight excluding hydrogens is 156 g/mol. The van der Waals surface area contributed by atoms with E-state index in [-0.39, 0.29) is 12.3 Å². The summed E-state index contributed by atoms with van der Waals surface area (Å²) in [6.07, 6.45) is 0. The van der Waals surface area contributed by atoms with Crippen LogP contribution in [0.4, 0.5) is 0 Å². The number of benzene rings is 1. The van der Waals surface area contributed by atoms with Crippen molar-refractivity contribution < 1.29 is 9.63 Å². The molecule has 0 radical (unpaired) electrons. The first-order valence-corrected chi connectivity index (χ1v) is 3.60. The highest BCUT2D eigenvalue weighted by Crippen LogP contribution is 2.22. The highest BCUT2D eigenvalue weighted by Gasteiger charge is 2.21. The Morgan fingerprint density at radius 2 is 2.17 bits per heavy atom. The first-order chi connectivity index (χ1) is 5.77. The van der Waals surface area contributed by atoms with Gasteiger partial charge in [0.15, 0.2) is 11.5 Å². The molecule has 0 aromatic heterocycles. The molecular formula is C8H8N2O2. The second-order valence-corrected chi connectivity index (χ2v) is 2.59. The highest BCUT2D eigenvalue weighted by atomic mass is 16.7. The third-order valence-corrected chi connectivity index (χ3v) is 1.70.